The number of amides is 1. The number of aliphatic imine (C=N–C) groups is 2. The first-order chi connectivity index (χ1) is 15.2. The Balaban J connectivity index is 5.55. The van der Waals surface area contributed by atoms with E-state index in [0.717, 1.165) is 5.71 Å². The number of aliphatic hydroxyl groups is 1. The smallest absolute Gasteiger partial charge is 0.410 e. The number of nitrogens with two attached hydrogens (primary N) is 2. The van der Waals surface area contributed by atoms with Crippen LogP contribution in [0, 0.1) is 5.92 Å². The fraction of sp³-hybridized carbons (Fsp3) is 0.522. The van der Waals surface area contributed by atoms with E-state index in [4.69, 9.17) is 26.0 Å². The number of hydrogen-bond donors (Lipinski definition) is 3. The summed E-state index contributed by atoms with van der Waals surface area (Å²) in [7, 11) is 0. The van der Waals surface area contributed by atoms with Crippen LogP contribution in [0.25, 0.3) is 0 Å². The molecule has 0 aromatic rings. The van der Waals surface area contributed by atoms with Crippen LogP contribution in [0.5, 0.6) is 0 Å². The maximum Gasteiger partial charge on any atom is 0.410 e. The van der Waals surface area contributed by atoms with Gasteiger partial charge in [0.15, 0.2) is 0 Å². The number of carbonyl (C=O) groups excluding carboxylic acids is 1. The van der Waals surface area contributed by atoms with Gasteiger partial charge < -0.3 is 26.0 Å². The Morgan fingerprint density at radius 2 is 1.97 bits per heavy atom. The van der Waals surface area contributed by atoms with Gasteiger partial charge in [-0.15, -0.1) is 0 Å². The Morgan fingerprint density at radius 1 is 1.28 bits per heavy atom. The molecular formula is C23H39N5O4. The Hall–Kier alpha value is -3.07. The van der Waals surface area contributed by atoms with Crippen molar-refractivity contribution >= 4 is 17.7 Å². The van der Waals surface area contributed by atoms with E-state index >= 15 is 0 Å². The molecule has 9 nitrogen and oxygen atoms in total. The van der Waals surface area contributed by atoms with Crippen molar-refractivity contribution in [1.82, 2.24) is 4.90 Å². The summed E-state index contributed by atoms with van der Waals surface area (Å²) in [5.74, 6) is 0.359. The molecule has 32 heavy (non-hydrogen) atoms. The predicted octanol–water partition coefficient (Wildman–Crippen LogP) is 3.09. The molecule has 0 heterocycles. The van der Waals surface area contributed by atoms with Gasteiger partial charge in [0.2, 0.25) is 5.90 Å². The van der Waals surface area contributed by atoms with Crippen molar-refractivity contribution in [3.8, 4) is 0 Å². The molecule has 0 saturated heterocycles. The van der Waals surface area contributed by atoms with Gasteiger partial charge in [-0.05, 0) is 58.3 Å². The van der Waals surface area contributed by atoms with Crippen LogP contribution in [0.1, 0.15) is 41.0 Å². The van der Waals surface area contributed by atoms with Gasteiger partial charge in [0.25, 0.3) is 0 Å². The molecule has 0 saturated carbocycles. The van der Waals surface area contributed by atoms with Crippen molar-refractivity contribution in [3.05, 3.63) is 48.6 Å². The van der Waals surface area contributed by atoms with E-state index in [1.807, 2.05) is 32.9 Å². The highest BCUT2D eigenvalue weighted by Gasteiger charge is 2.24. The maximum absolute atomic E-state index is 12.5. The lowest BCUT2D eigenvalue weighted by Crippen LogP contribution is -2.43. The second kappa shape index (κ2) is 16.6. The highest BCUT2D eigenvalue weighted by Crippen LogP contribution is 2.12. The average molecular weight is 450 g/mol. The maximum atomic E-state index is 12.5. The Kier molecular flexibility index (Phi) is 15.0. The molecule has 2 atom stereocenters. The van der Waals surface area contributed by atoms with Gasteiger partial charge in [0.05, 0.1) is 25.0 Å². The minimum atomic E-state index is -0.595. The summed E-state index contributed by atoms with van der Waals surface area (Å²) >= 11 is 0. The van der Waals surface area contributed by atoms with Crippen LogP contribution in [0.4, 0.5) is 4.79 Å². The first kappa shape index (κ1) is 28.9. The summed E-state index contributed by atoms with van der Waals surface area (Å²) < 4.78 is 10.7. The van der Waals surface area contributed by atoms with Crippen molar-refractivity contribution in [2.75, 3.05) is 26.4 Å². The quantitative estimate of drug-likeness (QED) is 0.292. The fourth-order valence-electron chi connectivity index (χ4n) is 2.45. The van der Waals surface area contributed by atoms with E-state index in [0.29, 0.717) is 13.0 Å². The number of carbonyl (C=O) groups is 1. The van der Waals surface area contributed by atoms with E-state index in [-0.39, 0.29) is 43.1 Å². The number of aliphatic hydroxyl groups excluding tert-OH is 1. The number of allylic oxidation sites excluding steroid dienone is 2. The van der Waals surface area contributed by atoms with E-state index in [9.17, 15) is 4.79 Å². The van der Waals surface area contributed by atoms with Crippen LogP contribution in [-0.4, -0.2) is 60.1 Å². The van der Waals surface area contributed by atoms with E-state index < -0.39 is 12.1 Å². The largest absolute Gasteiger partial charge is 0.477 e. The third kappa shape index (κ3) is 11.4. The van der Waals surface area contributed by atoms with Gasteiger partial charge in [0.1, 0.15) is 5.82 Å². The zero-order chi connectivity index (χ0) is 24.5. The minimum absolute atomic E-state index is 0.0161. The van der Waals surface area contributed by atoms with E-state index in [2.05, 4.69) is 16.6 Å². The highest BCUT2D eigenvalue weighted by molar-refractivity contribution is 5.93. The molecule has 0 rings (SSSR count). The summed E-state index contributed by atoms with van der Waals surface area (Å²) in [6, 6.07) is -0.595. The molecule has 0 spiro atoms. The van der Waals surface area contributed by atoms with Crippen molar-refractivity contribution in [3.63, 3.8) is 0 Å². The summed E-state index contributed by atoms with van der Waals surface area (Å²) in [6.45, 7) is 13.7. The summed E-state index contributed by atoms with van der Waals surface area (Å²) in [4.78, 5) is 22.4. The molecule has 9 heteroatoms. The summed E-state index contributed by atoms with van der Waals surface area (Å²) in [5, 5.41) is 8.99. The van der Waals surface area contributed by atoms with Crippen LogP contribution < -0.4 is 11.5 Å². The van der Waals surface area contributed by atoms with Gasteiger partial charge in [-0.2, -0.15) is 4.99 Å². The van der Waals surface area contributed by atoms with Gasteiger partial charge in [-0.1, -0.05) is 19.6 Å². The molecule has 0 aliphatic heterocycles. The molecule has 0 fully saturated rings. The summed E-state index contributed by atoms with van der Waals surface area (Å²) in [6.07, 6.45) is 8.61. The predicted molar refractivity (Wildman–Crippen MR) is 130 cm³/mol. The molecule has 180 valence electrons. The highest BCUT2D eigenvalue weighted by atomic mass is 16.6. The minimum Gasteiger partial charge on any atom is -0.477 e. The zero-order valence-corrected chi connectivity index (χ0v) is 20.0. The number of ether oxygens (including phenoxy) is 2. The lowest BCUT2D eigenvalue weighted by atomic mass is 10.1. The lowest BCUT2D eigenvalue weighted by molar-refractivity contribution is 0.103. The summed E-state index contributed by atoms with van der Waals surface area (Å²) in [5.41, 5.74) is 13.3. The van der Waals surface area contributed by atoms with Crippen LogP contribution >= 0.6 is 0 Å². The molecule has 0 radical (unpaired) electrons. The number of nitrogens with zero attached hydrogens (tertiary/aromatic N) is 3. The third-order valence-corrected chi connectivity index (χ3v) is 4.35. The van der Waals surface area contributed by atoms with Gasteiger partial charge in [-0.3, -0.25) is 9.89 Å². The second-order valence-electron chi connectivity index (χ2n) is 7.11. The van der Waals surface area contributed by atoms with Crippen molar-refractivity contribution < 1.29 is 19.4 Å². The molecule has 0 aromatic heterocycles. The molecule has 5 N–H and O–H groups in total. The topological polar surface area (TPSA) is 136 Å². The number of hydrogen-bond acceptors (Lipinski definition) is 8. The van der Waals surface area contributed by atoms with Crippen molar-refractivity contribution in [1.29, 1.82) is 0 Å². The number of rotatable bonds is 13. The van der Waals surface area contributed by atoms with Crippen LogP contribution in [-0.2, 0) is 9.47 Å². The van der Waals surface area contributed by atoms with Gasteiger partial charge in [0, 0.05) is 25.1 Å². The molecule has 0 bridgehead atoms. The molecule has 1 amide bonds. The van der Waals surface area contributed by atoms with Crippen molar-refractivity contribution in [2.45, 2.75) is 47.1 Å². The molecule has 2 unspecified atom stereocenters. The monoisotopic (exact) mass is 449 g/mol. The second-order valence-corrected chi connectivity index (χ2v) is 7.11. The molecule has 0 aromatic carbocycles. The molecular weight excluding hydrogens is 410 g/mol. The first-order valence-electron chi connectivity index (χ1n) is 10.7. The Labute approximate surface area is 191 Å². The van der Waals surface area contributed by atoms with E-state index in [1.165, 1.54) is 11.0 Å². The van der Waals surface area contributed by atoms with Crippen LogP contribution in [0.2, 0.25) is 0 Å². The lowest BCUT2D eigenvalue weighted by Gasteiger charge is -2.27. The molecule has 0 aliphatic carbocycles. The molecule has 0 aliphatic rings. The zero-order valence-electron chi connectivity index (χ0n) is 20.0. The fourth-order valence-corrected chi connectivity index (χ4v) is 2.45. The van der Waals surface area contributed by atoms with Crippen LogP contribution in [0.3, 0.4) is 0 Å². The SMILES string of the molecule is C=C/C(=N\C(N)=C(\N)C(C)N(C/C=C/N=C(C)/C=C\C)C(=O)OCC)OCC(C)CCO. The normalized spacial score (nSPS) is 15.4. The van der Waals surface area contributed by atoms with Crippen molar-refractivity contribution in [2.24, 2.45) is 27.4 Å². The average Bonchev–Trinajstić information content (AvgIpc) is 2.75. The third-order valence-electron chi connectivity index (χ3n) is 4.35. The van der Waals surface area contributed by atoms with Crippen LogP contribution in [0.15, 0.2) is 58.6 Å². The van der Waals surface area contributed by atoms with E-state index in [1.54, 1.807) is 26.1 Å². The van der Waals surface area contributed by atoms with Gasteiger partial charge in [-0.25, -0.2) is 4.79 Å². The standard InChI is InChI=1S/C23H39N5O4/c1-7-11-18(5)26-13-10-14-28(23(30)31-9-3)19(6)21(24)22(25)27-20(8-2)32-16-17(4)12-15-29/h7-8,10-11,13,17,19,29H,2,9,12,14-16,24-25H2,1,3-6H3/b11-7-,13-10+,22-21+,26-18+,27-20+. The first-order valence-corrected chi connectivity index (χ1v) is 10.7. The Bertz CT molecular complexity index is 741. The Morgan fingerprint density at radius 3 is 2.53 bits per heavy atom. The van der Waals surface area contributed by atoms with Gasteiger partial charge >= 0.3 is 6.09 Å².